The van der Waals surface area contributed by atoms with E-state index in [-0.39, 0.29) is 0 Å². The van der Waals surface area contributed by atoms with E-state index in [2.05, 4.69) is 36.5 Å². The molecule has 0 atom stereocenters. The Balaban J connectivity index is 1.78. The quantitative estimate of drug-likeness (QED) is 0.443. The van der Waals surface area contributed by atoms with Crippen LogP contribution >= 0.6 is 15.9 Å². The summed E-state index contributed by atoms with van der Waals surface area (Å²) < 4.78 is 6.70. The molecule has 1 aromatic heterocycles. The Hall–Kier alpha value is -2.08. The van der Waals surface area contributed by atoms with Crippen molar-refractivity contribution in [3.63, 3.8) is 0 Å². The summed E-state index contributed by atoms with van der Waals surface area (Å²) in [6.45, 7) is 4.62. The number of aromatic nitrogens is 1. The van der Waals surface area contributed by atoms with Crippen molar-refractivity contribution >= 4 is 21.9 Å². The highest BCUT2D eigenvalue weighted by molar-refractivity contribution is 9.10. The van der Waals surface area contributed by atoms with Crippen LogP contribution in [0.3, 0.4) is 0 Å². The zero-order chi connectivity index (χ0) is 16.3. The van der Waals surface area contributed by atoms with Crippen LogP contribution < -0.4 is 15.4 Å². The number of halogens is 1. The summed E-state index contributed by atoms with van der Waals surface area (Å²) in [7, 11) is 0. The van der Waals surface area contributed by atoms with Gasteiger partial charge in [0.05, 0.1) is 18.8 Å². The van der Waals surface area contributed by atoms with E-state index in [1.807, 2.05) is 49.4 Å². The van der Waals surface area contributed by atoms with Crippen LogP contribution in [0.5, 0.6) is 5.75 Å². The Labute approximate surface area is 145 Å². The predicted octanol–water partition coefficient (Wildman–Crippen LogP) is 2.98. The lowest BCUT2D eigenvalue weighted by Gasteiger charge is -2.12. The van der Waals surface area contributed by atoms with Crippen LogP contribution in [0.15, 0.2) is 58.1 Å². The minimum Gasteiger partial charge on any atom is -0.492 e. The maximum Gasteiger partial charge on any atom is 0.191 e. The van der Waals surface area contributed by atoms with Crippen LogP contribution in [-0.4, -0.2) is 30.6 Å². The lowest BCUT2D eigenvalue weighted by Crippen LogP contribution is -2.39. The van der Waals surface area contributed by atoms with Crippen LogP contribution in [0.4, 0.5) is 0 Å². The molecule has 1 aromatic carbocycles. The first-order chi connectivity index (χ1) is 11.3. The van der Waals surface area contributed by atoms with Crippen molar-refractivity contribution in [1.82, 2.24) is 15.6 Å². The second-order valence-electron chi connectivity index (χ2n) is 4.75. The molecule has 0 saturated heterocycles. The first kappa shape index (κ1) is 17.3. The summed E-state index contributed by atoms with van der Waals surface area (Å²) in [5.74, 6) is 1.60. The fourth-order valence-corrected chi connectivity index (χ4v) is 2.27. The molecule has 6 heteroatoms. The molecule has 0 aliphatic rings. The van der Waals surface area contributed by atoms with Crippen LogP contribution in [0.1, 0.15) is 12.6 Å². The van der Waals surface area contributed by atoms with Crippen LogP contribution in [0.25, 0.3) is 0 Å². The summed E-state index contributed by atoms with van der Waals surface area (Å²) in [6, 6.07) is 13.6. The molecule has 2 rings (SSSR count). The first-order valence-electron chi connectivity index (χ1n) is 7.58. The van der Waals surface area contributed by atoms with E-state index in [9.17, 15) is 0 Å². The fourth-order valence-electron chi connectivity index (χ4n) is 1.89. The fraction of sp³-hybridized carbons (Fsp3) is 0.294. The van der Waals surface area contributed by atoms with Gasteiger partial charge in [0, 0.05) is 17.2 Å². The van der Waals surface area contributed by atoms with Crippen molar-refractivity contribution in [2.75, 3.05) is 19.7 Å². The van der Waals surface area contributed by atoms with Gasteiger partial charge in [0.25, 0.3) is 0 Å². The number of pyridine rings is 1. The Morgan fingerprint density at radius 3 is 2.87 bits per heavy atom. The molecule has 0 unspecified atom stereocenters. The maximum absolute atomic E-state index is 5.69. The molecule has 0 spiro atoms. The maximum atomic E-state index is 5.69. The summed E-state index contributed by atoms with van der Waals surface area (Å²) >= 11 is 3.43. The van der Waals surface area contributed by atoms with Gasteiger partial charge in [-0.15, -0.1) is 0 Å². The average Bonchev–Trinajstić information content (AvgIpc) is 2.57. The molecule has 0 aliphatic carbocycles. The SMILES string of the molecule is CCNC(=NCc1ccccn1)NCCOc1cccc(Br)c1. The summed E-state index contributed by atoms with van der Waals surface area (Å²) in [5.41, 5.74) is 0.940. The Morgan fingerprint density at radius 2 is 2.13 bits per heavy atom. The molecule has 0 bridgehead atoms. The average molecular weight is 377 g/mol. The Bertz CT molecular complexity index is 619. The number of guanidine groups is 1. The standard InChI is InChI=1S/C17H21BrN4O/c1-2-19-17(22-13-15-7-3-4-9-20-15)21-10-11-23-16-8-5-6-14(18)12-16/h3-9,12H,2,10-11,13H2,1H3,(H2,19,21,22). The Morgan fingerprint density at radius 1 is 1.22 bits per heavy atom. The van der Waals surface area contributed by atoms with Gasteiger partial charge in [0.1, 0.15) is 12.4 Å². The number of hydrogen-bond donors (Lipinski definition) is 2. The molecule has 2 aromatic rings. The summed E-state index contributed by atoms with van der Waals surface area (Å²) in [4.78, 5) is 8.77. The number of aliphatic imine (C=N–C) groups is 1. The van der Waals surface area contributed by atoms with Crippen LogP contribution in [-0.2, 0) is 6.54 Å². The van der Waals surface area contributed by atoms with Gasteiger partial charge in [0.2, 0.25) is 0 Å². The van der Waals surface area contributed by atoms with Crippen molar-refractivity contribution in [3.05, 3.63) is 58.8 Å². The first-order valence-corrected chi connectivity index (χ1v) is 8.37. The van der Waals surface area contributed by atoms with E-state index in [0.29, 0.717) is 19.7 Å². The molecule has 0 aliphatic heterocycles. The smallest absolute Gasteiger partial charge is 0.191 e. The number of nitrogens with one attached hydrogen (secondary N) is 2. The second-order valence-corrected chi connectivity index (χ2v) is 5.66. The van der Waals surface area contributed by atoms with E-state index in [4.69, 9.17) is 4.74 Å². The molecule has 5 nitrogen and oxygen atoms in total. The van der Waals surface area contributed by atoms with Gasteiger partial charge in [-0.2, -0.15) is 0 Å². The number of ether oxygens (including phenoxy) is 1. The van der Waals surface area contributed by atoms with Gasteiger partial charge in [0.15, 0.2) is 5.96 Å². The third-order valence-corrected chi connectivity index (χ3v) is 3.42. The van der Waals surface area contributed by atoms with Gasteiger partial charge >= 0.3 is 0 Å². The molecular formula is C17H21BrN4O. The van der Waals surface area contributed by atoms with Crippen molar-refractivity contribution in [3.8, 4) is 5.75 Å². The molecule has 23 heavy (non-hydrogen) atoms. The molecule has 0 saturated carbocycles. The third kappa shape index (κ3) is 6.69. The van der Waals surface area contributed by atoms with E-state index in [1.165, 1.54) is 0 Å². The minimum absolute atomic E-state index is 0.544. The minimum atomic E-state index is 0.544. The van der Waals surface area contributed by atoms with Gasteiger partial charge < -0.3 is 15.4 Å². The van der Waals surface area contributed by atoms with Gasteiger partial charge in [-0.1, -0.05) is 28.1 Å². The van der Waals surface area contributed by atoms with Crippen LogP contribution in [0.2, 0.25) is 0 Å². The van der Waals surface area contributed by atoms with Gasteiger partial charge in [-0.3, -0.25) is 4.98 Å². The van der Waals surface area contributed by atoms with E-state index in [0.717, 1.165) is 28.4 Å². The molecule has 1 heterocycles. The lowest BCUT2D eigenvalue weighted by molar-refractivity contribution is 0.321. The molecule has 0 fully saturated rings. The van der Waals surface area contributed by atoms with Gasteiger partial charge in [-0.05, 0) is 37.3 Å². The molecule has 0 amide bonds. The largest absolute Gasteiger partial charge is 0.492 e. The van der Waals surface area contributed by atoms with Crippen molar-refractivity contribution in [1.29, 1.82) is 0 Å². The zero-order valence-corrected chi connectivity index (χ0v) is 14.7. The lowest BCUT2D eigenvalue weighted by atomic mass is 10.3. The third-order valence-electron chi connectivity index (χ3n) is 2.93. The second kappa shape index (κ2) is 9.84. The van der Waals surface area contributed by atoms with Crippen molar-refractivity contribution in [2.24, 2.45) is 4.99 Å². The molecule has 0 radical (unpaired) electrons. The molecule has 122 valence electrons. The monoisotopic (exact) mass is 376 g/mol. The normalized spacial score (nSPS) is 11.1. The highest BCUT2D eigenvalue weighted by atomic mass is 79.9. The highest BCUT2D eigenvalue weighted by Crippen LogP contribution is 2.17. The number of rotatable bonds is 7. The predicted molar refractivity (Wildman–Crippen MR) is 96.7 cm³/mol. The Kier molecular flexibility index (Phi) is 7.39. The number of nitrogens with zero attached hydrogens (tertiary/aromatic N) is 2. The number of benzene rings is 1. The van der Waals surface area contributed by atoms with Crippen molar-refractivity contribution in [2.45, 2.75) is 13.5 Å². The van der Waals surface area contributed by atoms with Crippen LogP contribution in [0, 0.1) is 0 Å². The number of hydrogen-bond acceptors (Lipinski definition) is 3. The van der Waals surface area contributed by atoms with Gasteiger partial charge in [-0.25, -0.2) is 4.99 Å². The zero-order valence-electron chi connectivity index (χ0n) is 13.1. The van der Waals surface area contributed by atoms with E-state index >= 15 is 0 Å². The van der Waals surface area contributed by atoms with Crippen molar-refractivity contribution < 1.29 is 4.74 Å². The molecule has 2 N–H and O–H groups in total. The van der Waals surface area contributed by atoms with E-state index in [1.54, 1.807) is 6.20 Å². The summed E-state index contributed by atoms with van der Waals surface area (Å²) in [6.07, 6.45) is 1.77. The molecular weight excluding hydrogens is 356 g/mol. The topological polar surface area (TPSA) is 58.5 Å². The summed E-state index contributed by atoms with van der Waals surface area (Å²) in [5, 5.41) is 6.46. The highest BCUT2D eigenvalue weighted by Gasteiger charge is 1.99. The van der Waals surface area contributed by atoms with E-state index < -0.39 is 0 Å².